The quantitative estimate of drug-likeness (QED) is 0.841. The van der Waals surface area contributed by atoms with E-state index in [9.17, 15) is 8.42 Å². The summed E-state index contributed by atoms with van der Waals surface area (Å²) in [5.74, 6) is 1.05. The maximum atomic E-state index is 12.8. The average Bonchev–Trinajstić information content (AvgIpc) is 3.35. The van der Waals surface area contributed by atoms with Crippen molar-refractivity contribution in [3.63, 3.8) is 0 Å². The normalized spacial score (nSPS) is 18.2. The van der Waals surface area contributed by atoms with Crippen LogP contribution in [0.3, 0.4) is 0 Å². The smallest absolute Gasteiger partial charge is 0.241 e. The Morgan fingerprint density at radius 2 is 1.62 bits per heavy atom. The predicted molar refractivity (Wildman–Crippen MR) is 92.8 cm³/mol. The summed E-state index contributed by atoms with van der Waals surface area (Å²) in [5, 5.41) is 0. The van der Waals surface area contributed by atoms with E-state index >= 15 is 0 Å². The van der Waals surface area contributed by atoms with Crippen molar-refractivity contribution in [2.24, 2.45) is 0 Å². The van der Waals surface area contributed by atoms with Gasteiger partial charge in [0.2, 0.25) is 10.0 Å². The Kier molecular flexibility index (Phi) is 3.82. The molecule has 1 aliphatic heterocycles. The van der Waals surface area contributed by atoms with Crippen LogP contribution in [0.15, 0.2) is 51.8 Å². The van der Waals surface area contributed by atoms with Gasteiger partial charge < -0.3 is 9.47 Å². The fraction of sp³-hybridized carbons (Fsp3) is 0.294. The predicted octanol–water partition coefficient (Wildman–Crippen LogP) is 3.19. The highest BCUT2D eigenvalue weighted by Crippen LogP contribution is 2.47. The SMILES string of the molecule is O=S(=O)(NC1(c2ccc(Br)cc2)CC1)c1ccc2c(c1)OCCO2. The van der Waals surface area contributed by atoms with Crippen LogP contribution in [-0.2, 0) is 15.6 Å². The minimum Gasteiger partial charge on any atom is -0.486 e. The van der Waals surface area contributed by atoms with Gasteiger partial charge in [-0.05, 0) is 42.7 Å². The van der Waals surface area contributed by atoms with Crippen molar-refractivity contribution >= 4 is 26.0 Å². The summed E-state index contributed by atoms with van der Waals surface area (Å²) in [6, 6.07) is 12.5. The van der Waals surface area contributed by atoms with Crippen LogP contribution in [0.25, 0.3) is 0 Å². The molecule has 24 heavy (non-hydrogen) atoms. The highest BCUT2D eigenvalue weighted by Gasteiger charge is 2.47. The van der Waals surface area contributed by atoms with E-state index in [1.54, 1.807) is 12.1 Å². The molecule has 0 unspecified atom stereocenters. The van der Waals surface area contributed by atoms with Crippen molar-refractivity contribution in [2.75, 3.05) is 13.2 Å². The van der Waals surface area contributed by atoms with Gasteiger partial charge in [0.1, 0.15) is 13.2 Å². The number of rotatable bonds is 4. The van der Waals surface area contributed by atoms with Gasteiger partial charge in [0, 0.05) is 10.5 Å². The molecule has 7 heteroatoms. The summed E-state index contributed by atoms with van der Waals surface area (Å²) < 4.78 is 40.3. The number of nitrogens with one attached hydrogen (secondary N) is 1. The van der Waals surface area contributed by atoms with Crippen molar-refractivity contribution in [3.05, 3.63) is 52.5 Å². The van der Waals surface area contributed by atoms with Gasteiger partial charge in [-0.1, -0.05) is 28.1 Å². The van der Waals surface area contributed by atoms with E-state index in [-0.39, 0.29) is 4.90 Å². The number of hydrogen-bond donors (Lipinski definition) is 1. The molecule has 1 saturated carbocycles. The molecule has 0 radical (unpaired) electrons. The minimum absolute atomic E-state index is 0.190. The summed E-state index contributed by atoms with van der Waals surface area (Å²) in [6.07, 6.45) is 1.58. The Morgan fingerprint density at radius 1 is 0.958 bits per heavy atom. The lowest BCUT2D eigenvalue weighted by Gasteiger charge is -2.21. The minimum atomic E-state index is -3.64. The van der Waals surface area contributed by atoms with Crippen LogP contribution in [0.1, 0.15) is 18.4 Å². The zero-order valence-electron chi connectivity index (χ0n) is 12.8. The van der Waals surface area contributed by atoms with Crippen molar-refractivity contribution in [1.29, 1.82) is 0 Å². The van der Waals surface area contributed by atoms with Gasteiger partial charge in [-0.15, -0.1) is 0 Å². The lowest BCUT2D eigenvalue weighted by atomic mass is 10.1. The summed E-state index contributed by atoms with van der Waals surface area (Å²) in [5.41, 5.74) is 0.471. The van der Waals surface area contributed by atoms with Crippen LogP contribution < -0.4 is 14.2 Å². The van der Waals surface area contributed by atoms with E-state index in [0.29, 0.717) is 24.7 Å². The monoisotopic (exact) mass is 409 g/mol. The van der Waals surface area contributed by atoms with E-state index < -0.39 is 15.6 Å². The highest BCUT2D eigenvalue weighted by atomic mass is 79.9. The van der Waals surface area contributed by atoms with Crippen LogP contribution in [0, 0.1) is 0 Å². The standard InChI is InChI=1S/C17H16BrNO4S/c18-13-3-1-12(2-4-13)17(7-8-17)19-24(20,21)14-5-6-15-16(11-14)23-10-9-22-15/h1-6,11,19H,7-10H2. The molecule has 1 fully saturated rings. The molecular weight excluding hydrogens is 394 g/mol. The van der Waals surface area contributed by atoms with E-state index in [1.165, 1.54) is 6.07 Å². The Hall–Kier alpha value is -1.57. The van der Waals surface area contributed by atoms with Crippen LogP contribution in [0.4, 0.5) is 0 Å². The fourth-order valence-corrected chi connectivity index (χ4v) is 4.58. The number of halogens is 1. The molecule has 4 rings (SSSR count). The second-order valence-electron chi connectivity index (χ2n) is 6.00. The van der Waals surface area contributed by atoms with Gasteiger partial charge in [0.05, 0.1) is 10.4 Å². The Balaban J connectivity index is 1.62. The third-order valence-electron chi connectivity index (χ3n) is 4.30. The number of hydrogen-bond acceptors (Lipinski definition) is 4. The molecule has 0 aromatic heterocycles. The maximum absolute atomic E-state index is 12.8. The molecule has 2 aliphatic rings. The lowest BCUT2D eigenvalue weighted by molar-refractivity contribution is 0.171. The zero-order valence-corrected chi connectivity index (χ0v) is 15.2. The number of sulfonamides is 1. The third-order valence-corrected chi connectivity index (χ3v) is 6.36. The van der Waals surface area contributed by atoms with Crippen molar-refractivity contribution in [1.82, 2.24) is 4.72 Å². The lowest BCUT2D eigenvalue weighted by Crippen LogP contribution is -2.34. The second kappa shape index (κ2) is 5.75. The van der Waals surface area contributed by atoms with Crippen LogP contribution in [0.5, 0.6) is 11.5 Å². The molecule has 1 aliphatic carbocycles. The Bertz CT molecular complexity index is 876. The molecule has 2 aromatic carbocycles. The fourth-order valence-electron chi connectivity index (χ4n) is 2.85. The second-order valence-corrected chi connectivity index (χ2v) is 8.60. The largest absolute Gasteiger partial charge is 0.486 e. The number of benzene rings is 2. The van der Waals surface area contributed by atoms with E-state index in [0.717, 1.165) is 22.9 Å². The van der Waals surface area contributed by atoms with Gasteiger partial charge >= 0.3 is 0 Å². The molecule has 0 spiro atoms. The molecule has 0 atom stereocenters. The Morgan fingerprint density at radius 3 is 2.29 bits per heavy atom. The molecule has 126 valence electrons. The first-order valence-corrected chi connectivity index (χ1v) is 9.96. The summed E-state index contributed by atoms with van der Waals surface area (Å²) >= 11 is 3.40. The number of fused-ring (bicyclic) bond motifs is 1. The van der Waals surface area contributed by atoms with Crippen molar-refractivity contribution in [2.45, 2.75) is 23.3 Å². The zero-order chi connectivity index (χ0) is 16.8. The molecule has 2 aromatic rings. The molecule has 0 saturated heterocycles. The van der Waals surface area contributed by atoms with Gasteiger partial charge in [0.25, 0.3) is 0 Å². The van der Waals surface area contributed by atoms with Gasteiger partial charge in [-0.25, -0.2) is 13.1 Å². The molecule has 1 N–H and O–H groups in total. The first kappa shape index (κ1) is 15.9. The average molecular weight is 410 g/mol. The van der Waals surface area contributed by atoms with Crippen molar-refractivity contribution in [3.8, 4) is 11.5 Å². The first-order chi connectivity index (χ1) is 11.5. The maximum Gasteiger partial charge on any atom is 0.241 e. The number of ether oxygens (including phenoxy) is 2. The summed E-state index contributed by atoms with van der Waals surface area (Å²) in [4.78, 5) is 0.190. The van der Waals surface area contributed by atoms with Crippen LogP contribution >= 0.6 is 15.9 Å². The van der Waals surface area contributed by atoms with E-state index in [4.69, 9.17) is 9.47 Å². The summed E-state index contributed by atoms with van der Waals surface area (Å²) in [6.45, 7) is 0.900. The molecular formula is C17H16BrNO4S. The Labute approximate surface area is 149 Å². The molecule has 0 amide bonds. The van der Waals surface area contributed by atoms with Gasteiger partial charge in [-0.2, -0.15) is 0 Å². The van der Waals surface area contributed by atoms with Gasteiger partial charge in [-0.3, -0.25) is 0 Å². The van der Waals surface area contributed by atoms with Crippen LogP contribution in [0.2, 0.25) is 0 Å². The third kappa shape index (κ3) is 2.92. The first-order valence-electron chi connectivity index (χ1n) is 7.68. The van der Waals surface area contributed by atoms with E-state index in [1.807, 2.05) is 24.3 Å². The molecule has 1 heterocycles. The molecule has 0 bridgehead atoms. The molecule has 5 nitrogen and oxygen atoms in total. The summed E-state index contributed by atoms with van der Waals surface area (Å²) in [7, 11) is -3.64. The highest BCUT2D eigenvalue weighted by molar-refractivity contribution is 9.10. The van der Waals surface area contributed by atoms with E-state index in [2.05, 4.69) is 20.7 Å². The van der Waals surface area contributed by atoms with Crippen LogP contribution in [-0.4, -0.2) is 21.6 Å². The van der Waals surface area contributed by atoms with Crippen molar-refractivity contribution < 1.29 is 17.9 Å². The van der Waals surface area contributed by atoms with Gasteiger partial charge in [0.15, 0.2) is 11.5 Å². The topological polar surface area (TPSA) is 64.6 Å².